The first-order chi connectivity index (χ1) is 5.38. The van der Waals surface area contributed by atoms with E-state index in [-0.39, 0.29) is 4.23 Å². The summed E-state index contributed by atoms with van der Waals surface area (Å²) in [6, 6.07) is 10.1. The molecule has 0 saturated heterocycles. The monoisotopic (exact) mass is 180 g/mol. The molecular weight excluding hydrogens is 172 g/mol. The van der Waals surface area contributed by atoms with E-state index in [2.05, 4.69) is 0 Å². The zero-order chi connectivity index (χ0) is 8.10. The van der Waals surface area contributed by atoms with Gasteiger partial charge in [-0.05, 0) is 5.56 Å². The van der Waals surface area contributed by atoms with Crippen LogP contribution in [0.5, 0.6) is 0 Å². The molecule has 0 aliphatic rings. The second-order valence-electron chi connectivity index (χ2n) is 2.29. The van der Waals surface area contributed by atoms with Crippen LogP contribution in [0.4, 0.5) is 0 Å². The summed E-state index contributed by atoms with van der Waals surface area (Å²) in [5.74, 6) is 0. The van der Waals surface area contributed by atoms with Crippen molar-refractivity contribution in [3.05, 3.63) is 35.9 Å². The molecule has 0 heterocycles. The highest BCUT2D eigenvalue weighted by Gasteiger charge is 2.11. The van der Waals surface area contributed by atoms with Crippen molar-refractivity contribution in [3.63, 3.8) is 0 Å². The quantitative estimate of drug-likeness (QED) is 0.649. The van der Waals surface area contributed by atoms with Crippen LogP contribution in [-0.4, -0.2) is 26.4 Å². The number of halogens is 1. The minimum atomic E-state index is -0.620. The normalized spacial score (nSPS) is 12.2. The third-order valence-electron chi connectivity index (χ3n) is 1.60. The van der Waals surface area contributed by atoms with Crippen LogP contribution in [0.15, 0.2) is 30.3 Å². The summed E-state index contributed by atoms with van der Waals surface area (Å²) < 4.78 is 5.38. The van der Waals surface area contributed by atoms with Gasteiger partial charge in [-0.15, -0.1) is 0 Å². The third-order valence-corrected chi connectivity index (χ3v) is 3.52. The molecule has 1 aromatic carbocycles. The van der Waals surface area contributed by atoms with Crippen LogP contribution in [0.3, 0.4) is 0 Å². The van der Waals surface area contributed by atoms with Gasteiger partial charge in [0.25, 0.3) is 0 Å². The zero-order valence-electron chi connectivity index (χ0n) is 6.46. The maximum atomic E-state index is 5.82. The molecule has 3 heteroatoms. The smallest absolute Gasteiger partial charge is 0.403 e. The summed E-state index contributed by atoms with van der Waals surface area (Å²) in [6.07, 6.45) is 0. The van der Waals surface area contributed by atoms with Crippen molar-refractivity contribution in [1.82, 2.24) is 0 Å². The molecule has 1 unspecified atom stereocenters. The molecule has 0 fully saturated rings. The molecular formula is C8H9ClMgO. The topological polar surface area (TPSA) is 9.23 Å². The molecule has 1 rings (SSSR count). The average Bonchev–Trinajstić information content (AvgIpc) is 2.09. The molecule has 1 atom stereocenters. The van der Waals surface area contributed by atoms with Gasteiger partial charge in [0.05, 0.1) is 0 Å². The zero-order valence-corrected chi connectivity index (χ0v) is 8.63. The van der Waals surface area contributed by atoms with Crippen molar-refractivity contribution < 1.29 is 4.74 Å². The van der Waals surface area contributed by atoms with Crippen LogP contribution in [0.2, 0.25) is 0 Å². The van der Waals surface area contributed by atoms with Crippen molar-refractivity contribution in [3.8, 4) is 0 Å². The highest BCUT2D eigenvalue weighted by molar-refractivity contribution is 6.94. The third kappa shape index (κ3) is 2.63. The highest BCUT2D eigenvalue weighted by atomic mass is 35.5. The Bertz CT molecular complexity index is 199. The fourth-order valence-electron chi connectivity index (χ4n) is 0.956. The first-order valence-corrected chi connectivity index (χ1v) is 6.47. The maximum absolute atomic E-state index is 5.82. The van der Waals surface area contributed by atoms with Crippen LogP contribution in [-0.2, 0) is 4.74 Å². The lowest BCUT2D eigenvalue weighted by molar-refractivity contribution is 0.168. The van der Waals surface area contributed by atoms with Crippen molar-refractivity contribution in [2.75, 3.05) is 7.11 Å². The SMILES string of the molecule is CO[CH]([Mg][Cl])c1ccccc1. The molecule has 0 amide bonds. The van der Waals surface area contributed by atoms with Crippen molar-refractivity contribution >= 4 is 28.3 Å². The number of rotatable bonds is 3. The largest absolute Gasteiger partial charge is 0.545 e. The van der Waals surface area contributed by atoms with Crippen molar-refractivity contribution in [2.24, 2.45) is 0 Å². The molecule has 0 bridgehead atoms. The molecule has 0 saturated carbocycles. The van der Waals surface area contributed by atoms with Crippen LogP contribution in [0.25, 0.3) is 0 Å². The molecule has 0 radical (unpaired) electrons. The van der Waals surface area contributed by atoms with E-state index in [1.165, 1.54) is 5.56 Å². The van der Waals surface area contributed by atoms with Gasteiger partial charge in [-0.1, -0.05) is 30.3 Å². The Morgan fingerprint density at radius 3 is 2.45 bits per heavy atom. The predicted molar refractivity (Wildman–Crippen MR) is 47.8 cm³/mol. The molecule has 0 aliphatic heterocycles. The molecule has 1 aromatic rings. The van der Waals surface area contributed by atoms with Gasteiger partial charge < -0.3 is 13.8 Å². The summed E-state index contributed by atoms with van der Waals surface area (Å²) in [5, 5.41) is 0. The van der Waals surface area contributed by atoms with Gasteiger partial charge in [0.15, 0.2) is 0 Å². The molecule has 0 aliphatic carbocycles. The lowest BCUT2D eigenvalue weighted by atomic mass is 10.2. The van der Waals surface area contributed by atoms with E-state index in [0.717, 1.165) is 0 Å². The minimum absolute atomic E-state index is 0.165. The molecule has 0 N–H and O–H groups in total. The van der Waals surface area contributed by atoms with E-state index in [1.54, 1.807) is 7.11 Å². The second kappa shape index (κ2) is 4.98. The van der Waals surface area contributed by atoms with Gasteiger partial charge in [0, 0.05) is 11.3 Å². The number of hydrogen-bond donors (Lipinski definition) is 0. The molecule has 1 nitrogen and oxygen atoms in total. The Kier molecular flexibility index (Phi) is 4.23. The molecule has 56 valence electrons. The van der Waals surface area contributed by atoms with Crippen molar-refractivity contribution in [2.45, 2.75) is 4.23 Å². The van der Waals surface area contributed by atoms with E-state index in [4.69, 9.17) is 13.8 Å². The summed E-state index contributed by atoms with van der Waals surface area (Å²) in [7, 11) is 7.52. The summed E-state index contributed by atoms with van der Waals surface area (Å²) in [5.41, 5.74) is 1.19. The van der Waals surface area contributed by atoms with Crippen LogP contribution < -0.4 is 0 Å². The lowest BCUT2D eigenvalue weighted by Crippen LogP contribution is -2.04. The number of hydrogen-bond acceptors (Lipinski definition) is 1. The van der Waals surface area contributed by atoms with Gasteiger partial charge >= 0.3 is 19.3 Å². The van der Waals surface area contributed by atoms with Gasteiger partial charge in [0.2, 0.25) is 0 Å². The van der Waals surface area contributed by atoms with E-state index in [0.29, 0.717) is 0 Å². The first-order valence-electron chi connectivity index (χ1n) is 3.52. The number of ether oxygens (including phenoxy) is 1. The fourth-order valence-corrected chi connectivity index (χ4v) is 2.44. The standard InChI is InChI=1S/C8H9O.ClH.Mg/c1-9-7-8-5-3-2-4-6-8;;/h2-7H,1H3;1H;/q;;+1/p-1. The van der Waals surface area contributed by atoms with E-state index >= 15 is 0 Å². The predicted octanol–water partition coefficient (Wildman–Crippen LogP) is 2.19. The minimum Gasteiger partial charge on any atom is -0.403 e. The number of methoxy groups -OCH3 is 1. The van der Waals surface area contributed by atoms with E-state index in [1.807, 2.05) is 30.3 Å². The number of benzene rings is 1. The summed E-state index contributed by atoms with van der Waals surface area (Å²) >= 11 is -0.620. The molecule has 0 aromatic heterocycles. The van der Waals surface area contributed by atoms with E-state index < -0.39 is 19.3 Å². The van der Waals surface area contributed by atoms with Gasteiger partial charge in [-0.3, -0.25) is 0 Å². The van der Waals surface area contributed by atoms with Gasteiger partial charge in [-0.25, -0.2) is 0 Å². The van der Waals surface area contributed by atoms with Gasteiger partial charge in [-0.2, -0.15) is 0 Å². The van der Waals surface area contributed by atoms with Crippen molar-refractivity contribution in [1.29, 1.82) is 0 Å². The Morgan fingerprint density at radius 1 is 1.36 bits per heavy atom. The van der Waals surface area contributed by atoms with Crippen LogP contribution in [0, 0.1) is 0 Å². The summed E-state index contributed by atoms with van der Waals surface area (Å²) in [4.78, 5) is 0. The average molecular weight is 181 g/mol. The fraction of sp³-hybridized carbons (Fsp3) is 0.250. The second-order valence-corrected chi connectivity index (χ2v) is 4.27. The Balaban J connectivity index is 2.74. The summed E-state index contributed by atoms with van der Waals surface area (Å²) in [6.45, 7) is 0. The Morgan fingerprint density at radius 2 is 2.00 bits per heavy atom. The molecule has 11 heavy (non-hydrogen) atoms. The highest BCUT2D eigenvalue weighted by Crippen LogP contribution is 2.14. The first kappa shape index (κ1) is 9.33. The lowest BCUT2D eigenvalue weighted by Gasteiger charge is -2.11. The van der Waals surface area contributed by atoms with Crippen LogP contribution >= 0.6 is 9.07 Å². The maximum Gasteiger partial charge on any atom is 0.545 e. The van der Waals surface area contributed by atoms with E-state index in [9.17, 15) is 0 Å². The Hall–Kier alpha value is 0.236. The Labute approximate surface area is 80.2 Å². The molecule has 0 spiro atoms. The van der Waals surface area contributed by atoms with Crippen LogP contribution in [0.1, 0.15) is 9.80 Å². The van der Waals surface area contributed by atoms with Gasteiger partial charge in [0.1, 0.15) is 0 Å².